The fourth-order valence-corrected chi connectivity index (χ4v) is 1.76. The van der Waals surface area contributed by atoms with Gasteiger partial charge in [0.05, 0.1) is 0 Å². The first kappa shape index (κ1) is 9.94. The van der Waals surface area contributed by atoms with Crippen molar-refractivity contribution in [2.75, 3.05) is 12.0 Å². The van der Waals surface area contributed by atoms with Crippen LogP contribution in [0.1, 0.15) is 12.0 Å². The molecule has 1 rings (SSSR count). The largest absolute Gasteiger partial charge is 0.165 e. The second kappa shape index (κ2) is 5.50. The van der Waals surface area contributed by atoms with Gasteiger partial charge in [-0.25, -0.2) is 0 Å². The second-order valence-corrected chi connectivity index (χ2v) is 4.15. The predicted molar refractivity (Wildman–Crippen MR) is 58.2 cm³/mol. The Morgan fingerprint density at radius 2 is 2.25 bits per heavy atom. The zero-order chi connectivity index (χ0) is 8.81. The summed E-state index contributed by atoms with van der Waals surface area (Å²) in [5.41, 5.74) is 1.34. The zero-order valence-electron chi connectivity index (χ0n) is 7.22. The van der Waals surface area contributed by atoms with E-state index >= 15 is 0 Å². The van der Waals surface area contributed by atoms with Crippen molar-refractivity contribution < 1.29 is 0 Å². The molecule has 0 radical (unpaired) electrons. The maximum absolute atomic E-state index is 5.85. The van der Waals surface area contributed by atoms with Crippen LogP contribution in [0.4, 0.5) is 0 Å². The number of hydrogen-bond donors (Lipinski definition) is 0. The van der Waals surface area contributed by atoms with E-state index in [1.807, 2.05) is 30.0 Å². The Balaban J connectivity index is 2.41. The van der Waals surface area contributed by atoms with Crippen molar-refractivity contribution in [1.29, 1.82) is 0 Å². The first-order chi connectivity index (χ1) is 5.83. The first-order valence-corrected chi connectivity index (χ1v) is 5.83. The third-order valence-corrected chi connectivity index (χ3v) is 2.63. The van der Waals surface area contributed by atoms with Crippen molar-refractivity contribution in [2.45, 2.75) is 12.8 Å². The lowest BCUT2D eigenvalue weighted by atomic mass is 10.1. The molecular formula is C10H13ClS. The van der Waals surface area contributed by atoms with Crippen LogP contribution in [0.5, 0.6) is 0 Å². The molecule has 0 N–H and O–H groups in total. The van der Waals surface area contributed by atoms with Crippen molar-refractivity contribution in [3.05, 3.63) is 34.9 Å². The summed E-state index contributed by atoms with van der Waals surface area (Å²) in [4.78, 5) is 0. The summed E-state index contributed by atoms with van der Waals surface area (Å²) in [6, 6.07) is 8.10. The molecule has 1 aromatic carbocycles. The quantitative estimate of drug-likeness (QED) is 0.669. The molecule has 0 aliphatic carbocycles. The van der Waals surface area contributed by atoms with Gasteiger partial charge in [-0.2, -0.15) is 11.8 Å². The van der Waals surface area contributed by atoms with E-state index in [-0.39, 0.29) is 0 Å². The third kappa shape index (κ3) is 3.51. The predicted octanol–water partition coefficient (Wildman–Crippen LogP) is 3.64. The van der Waals surface area contributed by atoms with Gasteiger partial charge in [-0.1, -0.05) is 23.7 Å². The Morgan fingerprint density at radius 3 is 2.92 bits per heavy atom. The molecule has 0 spiro atoms. The molecule has 0 saturated carbocycles. The molecule has 0 nitrogen and oxygen atoms in total. The van der Waals surface area contributed by atoms with Crippen molar-refractivity contribution in [3.63, 3.8) is 0 Å². The fourth-order valence-electron chi connectivity index (χ4n) is 1.11. The van der Waals surface area contributed by atoms with E-state index in [0.717, 1.165) is 11.4 Å². The molecule has 1 aromatic rings. The molecule has 0 saturated heterocycles. The van der Waals surface area contributed by atoms with Crippen LogP contribution in [0.25, 0.3) is 0 Å². The maximum Gasteiger partial charge on any atom is 0.0408 e. The molecule has 0 atom stereocenters. The Bertz CT molecular complexity index is 235. The van der Waals surface area contributed by atoms with Crippen molar-refractivity contribution in [3.8, 4) is 0 Å². The standard InChI is InChI=1S/C10H13ClS/c1-12-7-3-5-9-4-2-6-10(11)8-9/h2,4,6,8H,3,5,7H2,1H3. The molecule has 0 heterocycles. The van der Waals surface area contributed by atoms with Crippen molar-refractivity contribution in [1.82, 2.24) is 0 Å². The van der Waals surface area contributed by atoms with Gasteiger partial charge in [0.1, 0.15) is 0 Å². The summed E-state index contributed by atoms with van der Waals surface area (Å²) in [6.45, 7) is 0. The van der Waals surface area contributed by atoms with Gasteiger partial charge in [0.15, 0.2) is 0 Å². The number of rotatable bonds is 4. The number of benzene rings is 1. The highest BCUT2D eigenvalue weighted by Crippen LogP contribution is 2.12. The molecule has 0 fully saturated rings. The molecule has 0 aromatic heterocycles. The van der Waals surface area contributed by atoms with E-state index in [1.54, 1.807) is 0 Å². The summed E-state index contributed by atoms with van der Waals surface area (Å²) in [6.07, 6.45) is 4.51. The molecule has 0 amide bonds. The van der Waals surface area contributed by atoms with Crippen LogP contribution >= 0.6 is 23.4 Å². The molecule has 2 heteroatoms. The topological polar surface area (TPSA) is 0 Å². The molecule has 0 aliphatic heterocycles. The summed E-state index contributed by atoms with van der Waals surface area (Å²) >= 11 is 7.74. The van der Waals surface area contributed by atoms with Crippen molar-refractivity contribution in [2.24, 2.45) is 0 Å². The molecule has 66 valence electrons. The van der Waals surface area contributed by atoms with Gasteiger partial charge in [0, 0.05) is 5.02 Å². The van der Waals surface area contributed by atoms with Gasteiger partial charge in [-0.15, -0.1) is 0 Å². The van der Waals surface area contributed by atoms with E-state index in [1.165, 1.54) is 17.7 Å². The van der Waals surface area contributed by atoms with Crippen LogP contribution in [0.2, 0.25) is 5.02 Å². The van der Waals surface area contributed by atoms with E-state index in [4.69, 9.17) is 11.6 Å². The SMILES string of the molecule is CSCCCc1cccc(Cl)c1. The van der Waals surface area contributed by atoms with Crippen LogP contribution in [-0.4, -0.2) is 12.0 Å². The monoisotopic (exact) mass is 200 g/mol. The first-order valence-electron chi connectivity index (χ1n) is 4.06. The summed E-state index contributed by atoms with van der Waals surface area (Å²) in [5, 5.41) is 0.844. The van der Waals surface area contributed by atoms with E-state index in [2.05, 4.69) is 12.3 Å². The average Bonchev–Trinajstić information content (AvgIpc) is 2.05. The molecule has 0 aliphatic rings. The molecular weight excluding hydrogens is 188 g/mol. The van der Waals surface area contributed by atoms with Crippen LogP contribution in [-0.2, 0) is 6.42 Å². The van der Waals surface area contributed by atoms with Gasteiger partial charge in [-0.3, -0.25) is 0 Å². The minimum Gasteiger partial charge on any atom is -0.165 e. The maximum atomic E-state index is 5.85. The second-order valence-electron chi connectivity index (χ2n) is 2.73. The van der Waals surface area contributed by atoms with E-state index in [9.17, 15) is 0 Å². The van der Waals surface area contributed by atoms with E-state index < -0.39 is 0 Å². The highest BCUT2D eigenvalue weighted by Gasteiger charge is 1.93. The lowest BCUT2D eigenvalue weighted by molar-refractivity contribution is 0.934. The van der Waals surface area contributed by atoms with Gasteiger partial charge in [0.25, 0.3) is 0 Å². The Morgan fingerprint density at radius 1 is 1.42 bits per heavy atom. The lowest BCUT2D eigenvalue weighted by Crippen LogP contribution is -1.86. The smallest absolute Gasteiger partial charge is 0.0408 e. The highest BCUT2D eigenvalue weighted by molar-refractivity contribution is 7.98. The molecule has 0 unspecified atom stereocenters. The Hall–Kier alpha value is -0.140. The van der Waals surface area contributed by atoms with Crippen LogP contribution < -0.4 is 0 Å². The van der Waals surface area contributed by atoms with Gasteiger partial charge < -0.3 is 0 Å². The minimum atomic E-state index is 0.844. The Kier molecular flexibility index (Phi) is 4.55. The Labute approximate surface area is 83.3 Å². The highest BCUT2D eigenvalue weighted by atomic mass is 35.5. The summed E-state index contributed by atoms with van der Waals surface area (Å²) in [7, 11) is 0. The number of hydrogen-bond acceptors (Lipinski definition) is 1. The number of halogens is 1. The van der Waals surface area contributed by atoms with Gasteiger partial charge >= 0.3 is 0 Å². The molecule has 0 bridgehead atoms. The van der Waals surface area contributed by atoms with Gasteiger partial charge in [0.2, 0.25) is 0 Å². The van der Waals surface area contributed by atoms with Gasteiger partial charge in [-0.05, 0) is 42.5 Å². The van der Waals surface area contributed by atoms with Crippen molar-refractivity contribution >= 4 is 23.4 Å². The molecule has 12 heavy (non-hydrogen) atoms. The van der Waals surface area contributed by atoms with Crippen LogP contribution in [0.15, 0.2) is 24.3 Å². The summed E-state index contributed by atoms with van der Waals surface area (Å²) in [5.74, 6) is 1.23. The number of aryl methyl sites for hydroxylation is 1. The summed E-state index contributed by atoms with van der Waals surface area (Å²) < 4.78 is 0. The third-order valence-electron chi connectivity index (χ3n) is 1.70. The zero-order valence-corrected chi connectivity index (χ0v) is 8.79. The average molecular weight is 201 g/mol. The van der Waals surface area contributed by atoms with E-state index in [0.29, 0.717) is 0 Å². The van der Waals surface area contributed by atoms with Crippen LogP contribution in [0.3, 0.4) is 0 Å². The minimum absolute atomic E-state index is 0.844. The lowest BCUT2D eigenvalue weighted by Gasteiger charge is -1.99. The normalized spacial score (nSPS) is 10.2. The fraction of sp³-hybridized carbons (Fsp3) is 0.400. The number of thioether (sulfide) groups is 1. The van der Waals surface area contributed by atoms with Crippen LogP contribution in [0, 0.1) is 0 Å².